The predicted molar refractivity (Wildman–Crippen MR) is 115 cm³/mol. The average Bonchev–Trinajstić information content (AvgIpc) is 3.07. The Balaban J connectivity index is 1.56. The molecule has 0 aliphatic carbocycles. The standard InChI is InChI=1S/C21H16ClN3O4S/c1-13-23-19-12-16(8-9-20(19)29-13)24-21(26)14-4-2-7-18(10-14)30(27,28)25-17-6-3-5-15(22)11-17/h2-12,25H,1H3,(H,24,26). The fraction of sp³-hybridized carbons (Fsp3) is 0.0476. The van der Waals surface area contributed by atoms with Gasteiger partial charge in [-0.1, -0.05) is 23.7 Å². The minimum absolute atomic E-state index is 0.0438. The van der Waals surface area contributed by atoms with Gasteiger partial charge in [0.2, 0.25) is 0 Å². The molecule has 4 rings (SSSR count). The van der Waals surface area contributed by atoms with Crippen LogP contribution in [-0.2, 0) is 10.0 Å². The summed E-state index contributed by atoms with van der Waals surface area (Å²) in [5, 5.41) is 3.15. The molecule has 0 aliphatic heterocycles. The first-order chi connectivity index (χ1) is 14.3. The zero-order chi connectivity index (χ0) is 21.3. The molecule has 0 saturated heterocycles. The van der Waals surface area contributed by atoms with Gasteiger partial charge in [0.15, 0.2) is 11.5 Å². The highest BCUT2D eigenvalue weighted by molar-refractivity contribution is 7.92. The Labute approximate surface area is 177 Å². The first-order valence-electron chi connectivity index (χ1n) is 8.87. The minimum atomic E-state index is -3.90. The smallest absolute Gasteiger partial charge is 0.261 e. The van der Waals surface area contributed by atoms with Crippen LogP contribution in [0.15, 0.2) is 76.0 Å². The molecule has 0 atom stereocenters. The number of rotatable bonds is 5. The number of nitrogens with one attached hydrogen (secondary N) is 2. The number of fused-ring (bicyclic) bond motifs is 1. The van der Waals surface area contributed by atoms with E-state index >= 15 is 0 Å². The van der Waals surface area contributed by atoms with E-state index in [0.29, 0.717) is 33.4 Å². The molecule has 0 aliphatic rings. The molecule has 4 aromatic rings. The van der Waals surface area contributed by atoms with Crippen molar-refractivity contribution in [3.05, 3.63) is 83.2 Å². The largest absolute Gasteiger partial charge is 0.441 e. The molecule has 152 valence electrons. The number of hydrogen-bond acceptors (Lipinski definition) is 5. The van der Waals surface area contributed by atoms with Crippen molar-refractivity contribution in [2.75, 3.05) is 10.0 Å². The van der Waals surface area contributed by atoms with Gasteiger partial charge in [0.05, 0.1) is 10.6 Å². The normalized spacial score (nSPS) is 11.4. The number of amides is 1. The molecule has 0 unspecified atom stereocenters. The van der Waals surface area contributed by atoms with Crippen LogP contribution in [0, 0.1) is 6.92 Å². The van der Waals surface area contributed by atoms with E-state index in [0.717, 1.165) is 0 Å². The number of hydrogen-bond donors (Lipinski definition) is 2. The first kappa shape index (κ1) is 19.9. The number of carbonyl (C=O) groups excluding carboxylic acids is 1. The van der Waals surface area contributed by atoms with E-state index in [1.165, 1.54) is 30.3 Å². The van der Waals surface area contributed by atoms with Crippen LogP contribution in [-0.4, -0.2) is 19.3 Å². The molecule has 0 radical (unpaired) electrons. The first-order valence-corrected chi connectivity index (χ1v) is 10.7. The molecule has 2 N–H and O–H groups in total. The van der Waals surface area contributed by atoms with Gasteiger partial charge in [-0.3, -0.25) is 9.52 Å². The fourth-order valence-electron chi connectivity index (χ4n) is 2.89. The zero-order valence-electron chi connectivity index (χ0n) is 15.7. The Bertz CT molecular complexity index is 1370. The third-order valence-electron chi connectivity index (χ3n) is 4.24. The minimum Gasteiger partial charge on any atom is -0.441 e. The molecule has 0 fully saturated rings. The summed E-state index contributed by atoms with van der Waals surface area (Å²) in [6.07, 6.45) is 0. The van der Waals surface area contributed by atoms with Crippen LogP contribution in [0.25, 0.3) is 11.1 Å². The van der Waals surface area contributed by atoms with Gasteiger partial charge in [-0.2, -0.15) is 0 Å². The number of sulfonamides is 1. The summed E-state index contributed by atoms with van der Waals surface area (Å²) in [6, 6.07) is 17.2. The molecule has 3 aromatic carbocycles. The van der Waals surface area contributed by atoms with Crippen LogP contribution in [0.4, 0.5) is 11.4 Å². The predicted octanol–water partition coefficient (Wildman–Crippen LogP) is 4.84. The Morgan fingerprint density at radius 3 is 2.60 bits per heavy atom. The number of carbonyl (C=O) groups is 1. The number of oxazole rings is 1. The number of nitrogens with zero attached hydrogens (tertiary/aromatic N) is 1. The van der Waals surface area contributed by atoms with Crippen LogP contribution in [0.3, 0.4) is 0 Å². The molecule has 30 heavy (non-hydrogen) atoms. The van der Waals surface area contributed by atoms with Gasteiger partial charge in [0.1, 0.15) is 5.52 Å². The van der Waals surface area contributed by atoms with Crippen LogP contribution in [0.2, 0.25) is 5.02 Å². The second-order valence-electron chi connectivity index (χ2n) is 6.51. The number of aromatic nitrogens is 1. The Morgan fingerprint density at radius 1 is 1.00 bits per heavy atom. The zero-order valence-corrected chi connectivity index (χ0v) is 17.3. The van der Waals surface area contributed by atoms with Gasteiger partial charge in [0, 0.05) is 23.2 Å². The lowest BCUT2D eigenvalue weighted by Crippen LogP contribution is -2.16. The molecule has 0 bridgehead atoms. The van der Waals surface area contributed by atoms with Crippen molar-refractivity contribution in [2.45, 2.75) is 11.8 Å². The van der Waals surface area contributed by atoms with Gasteiger partial charge >= 0.3 is 0 Å². The Kier molecular flexibility index (Phi) is 5.19. The highest BCUT2D eigenvalue weighted by Gasteiger charge is 2.17. The number of anilines is 2. The maximum atomic E-state index is 12.7. The van der Waals surface area contributed by atoms with Crippen molar-refractivity contribution in [3.63, 3.8) is 0 Å². The van der Waals surface area contributed by atoms with Crippen molar-refractivity contribution in [1.82, 2.24) is 4.98 Å². The third kappa shape index (κ3) is 4.29. The highest BCUT2D eigenvalue weighted by Crippen LogP contribution is 2.22. The lowest BCUT2D eigenvalue weighted by Gasteiger charge is -2.10. The van der Waals surface area contributed by atoms with Gasteiger partial charge in [-0.25, -0.2) is 13.4 Å². The van der Waals surface area contributed by atoms with Gasteiger partial charge < -0.3 is 9.73 Å². The van der Waals surface area contributed by atoms with Crippen molar-refractivity contribution < 1.29 is 17.6 Å². The molecule has 1 amide bonds. The number of halogens is 1. The summed E-state index contributed by atoms with van der Waals surface area (Å²) < 4.78 is 33.2. The van der Waals surface area contributed by atoms with E-state index in [4.69, 9.17) is 16.0 Å². The second kappa shape index (κ2) is 7.81. The van der Waals surface area contributed by atoms with Crippen molar-refractivity contribution >= 4 is 50.0 Å². The number of benzene rings is 3. The molecule has 1 aromatic heterocycles. The molecular formula is C21H16ClN3O4S. The maximum absolute atomic E-state index is 12.7. The fourth-order valence-corrected chi connectivity index (χ4v) is 4.18. The van der Waals surface area contributed by atoms with Crippen molar-refractivity contribution in [2.24, 2.45) is 0 Å². The van der Waals surface area contributed by atoms with Crippen LogP contribution in [0.1, 0.15) is 16.2 Å². The summed E-state index contributed by atoms with van der Waals surface area (Å²) in [5.41, 5.74) is 2.28. The highest BCUT2D eigenvalue weighted by atomic mass is 35.5. The lowest BCUT2D eigenvalue weighted by atomic mass is 10.2. The summed E-state index contributed by atoms with van der Waals surface area (Å²) in [7, 11) is -3.90. The van der Waals surface area contributed by atoms with E-state index in [-0.39, 0.29) is 10.5 Å². The van der Waals surface area contributed by atoms with E-state index in [1.807, 2.05) is 0 Å². The van der Waals surface area contributed by atoms with Gasteiger partial charge in [-0.05, 0) is 54.6 Å². The Hall–Kier alpha value is -3.36. The maximum Gasteiger partial charge on any atom is 0.261 e. The van der Waals surface area contributed by atoms with Gasteiger partial charge in [0.25, 0.3) is 15.9 Å². The van der Waals surface area contributed by atoms with Gasteiger partial charge in [-0.15, -0.1) is 0 Å². The quantitative estimate of drug-likeness (QED) is 0.461. The van der Waals surface area contributed by atoms with E-state index < -0.39 is 15.9 Å². The Morgan fingerprint density at radius 2 is 1.80 bits per heavy atom. The van der Waals surface area contributed by atoms with Crippen molar-refractivity contribution in [3.8, 4) is 0 Å². The van der Waals surface area contributed by atoms with E-state index in [9.17, 15) is 13.2 Å². The third-order valence-corrected chi connectivity index (χ3v) is 5.85. The monoisotopic (exact) mass is 441 g/mol. The average molecular weight is 442 g/mol. The summed E-state index contributed by atoms with van der Waals surface area (Å²) in [4.78, 5) is 16.8. The van der Waals surface area contributed by atoms with E-state index in [2.05, 4.69) is 15.0 Å². The molecule has 1 heterocycles. The van der Waals surface area contributed by atoms with Crippen LogP contribution < -0.4 is 10.0 Å². The van der Waals surface area contributed by atoms with Crippen LogP contribution in [0.5, 0.6) is 0 Å². The molecule has 9 heteroatoms. The molecule has 0 saturated carbocycles. The molecular weight excluding hydrogens is 426 g/mol. The van der Waals surface area contributed by atoms with Crippen molar-refractivity contribution in [1.29, 1.82) is 0 Å². The number of aryl methyl sites for hydroxylation is 1. The summed E-state index contributed by atoms with van der Waals surface area (Å²) in [5.74, 6) is 0.0768. The summed E-state index contributed by atoms with van der Waals surface area (Å²) in [6.45, 7) is 1.74. The van der Waals surface area contributed by atoms with E-state index in [1.54, 1.807) is 43.3 Å². The SMILES string of the molecule is Cc1nc2cc(NC(=O)c3cccc(S(=O)(=O)Nc4cccc(Cl)c4)c3)ccc2o1. The molecule has 0 spiro atoms. The summed E-state index contributed by atoms with van der Waals surface area (Å²) >= 11 is 5.90. The lowest BCUT2D eigenvalue weighted by molar-refractivity contribution is 0.102. The molecule has 7 nitrogen and oxygen atoms in total. The topological polar surface area (TPSA) is 101 Å². The van der Waals surface area contributed by atoms with Crippen LogP contribution >= 0.6 is 11.6 Å². The second-order valence-corrected chi connectivity index (χ2v) is 8.63.